The zero-order valence-electron chi connectivity index (χ0n) is 10.3. The Morgan fingerprint density at radius 3 is 2.40 bits per heavy atom. The minimum atomic E-state index is 0.397. The van der Waals surface area contributed by atoms with Crippen LogP contribution in [-0.4, -0.2) is 11.0 Å². The Morgan fingerprint density at radius 1 is 1.20 bits per heavy atom. The van der Waals surface area contributed by atoms with Gasteiger partial charge in [-0.25, -0.2) is 10.4 Å². The molecule has 0 saturated heterocycles. The number of anilines is 1. The predicted octanol–water partition coefficient (Wildman–Crippen LogP) is 2.84. The summed E-state index contributed by atoms with van der Waals surface area (Å²) in [4.78, 5) is 4.32. The number of nitrogens with zero attached hydrogens (tertiary/aromatic N) is 1. The minimum Gasteiger partial charge on any atom is -0.305 e. The van der Waals surface area contributed by atoms with Crippen LogP contribution < -0.4 is 10.9 Å². The van der Waals surface area contributed by atoms with Gasteiger partial charge in [0.15, 0.2) is 0 Å². The third kappa shape index (κ3) is 3.20. The second kappa shape index (κ2) is 5.12. The summed E-state index contributed by atoms with van der Waals surface area (Å²) in [6, 6.07) is 2.48. The van der Waals surface area contributed by atoms with E-state index in [1.807, 2.05) is 6.20 Å². The van der Waals surface area contributed by atoms with Crippen molar-refractivity contribution in [1.29, 1.82) is 0 Å². The molecule has 0 aromatic carbocycles. The first-order valence-electron chi connectivity index (χ1n) is 5.49. The lowest BCUT2D eigenvalue weighted by Crippen LogP contribution is -2.29. The monoisotopic (exact) mass is 207 g/mol. The number of hydrazine groups is 1. The van der Waals surface area contributed by atoms with Crippen LogP contribution in [-0.2, 0) is 0 Å². The molecule has 0 atom stereocenters. The predicted molar refractivity (Wildman–Crippen MR) is 65.0 cm³/mol. The van der Waals surface area contributed by atoms with Crippen molar-refractivity contribution in [2.24, 2.45) is 0 Å². The lowest BCUT2D eigenvalue weighted by Gasteiger charge is -2.16. The third-order valence-electron chi connectivity index (χ3n) is 2.35. The number of aromatic nitrogens is 1. The fourth-order valence-electron chi connectivity index (χ4n) is 1.51. The van der Waals surface area contributed by atoms with E-state index in [-0.39, 0.29) is 0 Å². The van der Waals surface area contributed by atoms with E-state index < -0.39 is 0 Å². The highest BCUT2D eigenvalue weighted by Gasteiger charge is 2.07. The molecule has 0 unspecified atom stereocenters. The molecule has 2 N–H and O–H groups in total. The van der Waals surface area contributed by atoms with Gasteiger partial charge in [0.1, 0.15) is 5.82 Å². The smallest absolute Gasteiger partial charge is 0.143 e. The van der Waals surface area contributed by atoms with Crippen LogP contribution in [0.5, 0.6) is 0 Å². The summed E-state index contributed by atoms with van der Waals surface area (Å²) in [6.45, 7) is 10.7. The molecule has 0 aliphatic carbocycles. The van der Waals surface area contributed by atoms with Gasteiger partial charge in [0.25, 0.3) is 0 Å². The Kier molecular flexibility index (Phi) is 4.09. The Hall–Kier alpha value is -1.09. The van der Waals surface area contributed by atoms with Gasteiger partial charge in [0.05, 0.1) is 0 Å². The third-order valence-corrected chi connectivity index (χ3v) is 2.35. The zero-order valence-corrected chi connectivity index (χ0v) is 10.3. The van der Waals surface area contributed by atoms with E-state index >= 15 is 0 Å². The van der Waals surface area contributed by atoms with Gasteiger partial charge in [-0.2, -0.15) is 0 Å². The number of hydrogen-bond donors (Lipinski definition) is 2. The average Bonchev–Trinajstić information content (AvgIpc) is 2.15. The minimum absolute atomic E-state index is 0.397. The molecule has 84 valence electrons. The van der Waals surface area contributed by atoms with Crippen molar-refractivity contribution in [3.05, 3.63) is 23.4 Å². The molecule has 1 heterocycles. The maximum atomic E-state index is 4.32. The summed E-state index contributed by atoms with van der Waals surface area (Å²) in [5.41, 5.74) is 8.87. The molecule has 3 nitrogen and oxygen atoms in total. The van der Waals surface area contributed by atoms with Crippen LogP contribution >= 0.6 is 0 Å². The van der Waals surface area contributed by atoms with Crippen LogP contribution in [0.25, 0.3) is 0 Å². The molecule has 1 aromatic heterocycles. The van der Waals surface area contributed by atoms with Crippen molar-refractivity contribution < 1.29 is 0 Å². The molecule has 15 heavy (non-hydrogen) atoms. The van der Waals surface area contributed by atoms with Gasteiger partial charge >= 0.3 is 0 Å². The molecule has 0 aliphatic rings. The molecule has 0 fully saturated rings. The van der Waals surface area contributed by atoms with Crippen molar-refractivity contribution in [2.45, 2.75) is 46.6 Å². The molecule has 0 bridgehead atoms. The number of nitrogens with one attached hydrogen (secondary N) is 2. The molecule has 1 aromatic rings. The Bertz CT molecular complexity index is 319. The SMILES string of the molecule is Cc1c(C(C)C)ccnc1NNC(C)C. The maximum Gasteiger partial charge on any atom is 0.143 e. The van der Waals surface area contributed by atoms with Crippen LogP contribution in [0.15, 0.2) is 12.3 Å². The topological polar surface area (TPSA) is 37.0 Å². The highest BCUT2D eigenvalue weighted by Crippen LogP contribution is 2.22. The van der Waals surface area contributed by atoms with Gasteiger partial charge in [0.2, 0.25) is 0 Å². The van der Waals surface area contributed by atoms with E-state index in [1.54, 1.807) is 0 Å². The van der Waals surface area contributed by atoms with E-state index in [0.717, 1.165) is 5.82 Å². The van der Waals surface area contributed by atoms with E-state index in [0.29, 0.717) is 12.0 Å². The molecule has 0 radical (unpaired) electrons. The van der Waals surface area contributed by atoms with Crippen molar-refractivity contribution >= 4 is 5.82 Å². The normalized spacial score (nSPS) is 11.1. The van der Waals surface area contributed by atoms with Crippen LogP contribution in [0.1, 0.15) is 44.7 Å². The van der Waals surface area contributed by atoms with Crippen LogP contribution in [0, 0.1) is 6.92 Å². The van der Waals surface area contributed by atoms with E-state index in [1.165, 1.54) is 11.1 Å². The van der Waals surface area contributed by atoms with Crippen LogP contribution in [0.3, 0.4) is 0 Å². The Balaban J connectivity index is 2.85. The maximum absolute atomic E-state index is 4.32. The number of pyridine rings is 1. The second-order valence-electron chi connectivity index (χ2n) is 4.45. The van der Waals surface area contributed by atoms with Gasteiger partial charge in [-0.05, 0) is 43.9 Å². The van der Waals surface area contributed by atoms with E-state index in [9.17, 15) is 0 Å². The first-order valence-corrected chi connectivity index (χ1v) is 5.49. The van der Waals surface area contributed by atoms with Gasteiger partial charge in [-0.1, -0.05) is 13.8 Å². The summed E-state index contributed by atoms with van der Waals surface area (Å²) in [7, 11) is 0. The van der Waals surface area contributed by atoms with Crippen molar-refractivity contribution in [1.82, 2.24) is 10.4 Å². The number of hydrogen-bond acceptors (Lipinski definition) is 3. The van der Waals surface area contributed by atoms with Crippen molar-refractivity contribution in [2.75, 3.05) is 5.43 Å². The summed E-state index contributed by atoms with van der Waals surface area (Å²) < 4.78 is 0. The van der Waals surface area contributed by atoms with Crippen LogP contribution in [0.4, 0.5) is 5.82 Å². The molecule has 0 saturated carbocycles. The fraction of sp³-hybridized carbons (Fsp3) is 0.583. The molecule has 0 spiro atoms. The Morgan fingerprint density at radius 2 is 1.87 bits per heavy atom. The van der Waals surface area contributed by atoms with Gasteiger partial charge < -0.3 is 5.43 Å². The first kappa shape index (κ1) is 12.0. The Labute approximate surface area is 92.3 Å². The average molecular weight is 207 g/mol. The van der Waals surface area contributed by atoms with Gasteiger partial charge in [-0.3, -0.25) is 0 Å². The highest BCUT2D eigenvalue weighted by atomic mass is 15.4. The largest absolute Gasteiger partial charge is 0.305 e. The summed E-state index contributed by atoms with van der Waals surface area (Å²) >= 11 is 0. The molecule has 3 heteroatoms. The van der Waals surface area contributed by atoms with E-state index in [2.05, 4.69) is 56.5 Å². The summed E-state index contributed by atoms with van der Waals surface area (Å²) in [5, 5.41) is 0. The first-order chi connectivity index (χ1) is 7.02. The van der Waals surface area contributed by atoms with Crippen molar-refractivity contribution in [3.8, 4) is 0 Å². The lowest BCUT2D eigenvalue weighted by molar-refractivity contribution is 0.655. The highest BCUT2D eigenvalue weighted by molar-refractivity contribution is 5.47. The zero-order chi connectivity index (χ0) is 11.4. The molecular weight excluding hydrogens is 186 g/mol. The van der Waals surface area contributed by atoms with E-state index in [4.69, 9.17) is 0 Å². The lowest BCUT2D eigenvalue weighted by atomic mass is 10.00. The fourth-order valence-corrected chi connectivity index (χ4v) is 1.51. The molecule has 1 rings (SSSR count). The standard InChI is InChI=1S/C12H21N3/c1-8(2)11-6-7-13-12(10(11)5)15-14-9(3)4/h6-9,14H,1-5H3,(H,13,15). The molecule has 0 amide bonds. The summed E-state index contributed by atoms with van der Waals surface area (Å²) in [6.07, 6.45) is 1.85. The second-order valence-corrected chi connectivity index (χ2v) is 4.45. The molecular formula is C12H21N3. The number of rotatable bonds is 4. The van der Waals surface area contributed by atoms with Gasteiger partial charge in [0, 0.05) is 12.2 Å². The molecule has 0 aliphatic heterocycles. The quantitative estimate of drug-likeness (QED) is 0.745. The summed E-state index contributed by atoms with van der Waals surface area (Å²) in [5.74, 6) is 1.46. The van der Waals surface area contributed by atoms with Gasteiger partial charge in [-0.15, -0.1) is 0 Å². The van der Waals surface area contributed by atoms with Crippen molar-refractivity contribution in [3.63, 3.8) is 0 Å². The van der Waals surface area contributed by atoms with Crippen LogP contribution in [0.2, 0.25) is 0 Å².